The minimum absolute atomic E-state index is 0.128. The van der Waals surface area contributed by atoms with Crippen LogP contribution in [0.4, 0.5) is 22.0 Å². The van der Waals surface area contributed by atoms with E-state index in [4.69, 9.17) is 5.73 Å². The van der Waals surface area contributed by atoms with Gasteiger partial charge in [-0.1, -0.05) is 0 Å². The van der Waals surface area contributed by atoms with E-state index in [1.54, 1.807) is 0 Å². The van der Waals surface area contributed by atoms with Gasteiger partial charge in [0, 0.05) is 12.5 Å². The van der Waals surface area contributed by atoms with E-state index >= 15 is 0 Å². The number of alkyl halides is 3. The molecule has 1 unspecified atom stereocenters. The van der Waals surface area contributed by atoms with Crippen LogP contribution in [0.25, 0.3) is 0 Å². The van der Waals surface area contributed by atoms with Crippen LogP contribution in [0.15, 0.2) is 12.1 Å². The third kappa shape index (κ3) is 3.29. The van der Waals surface area contributed by atoms with Crippen molar-refractivity contribution in [2.75, 3.05) is 7.11 Å². The van der Waals surface area contributed by atoms with Gasteiger partial charge in [0.2, 0.25) is 0 Å². The van der Waals surface area contributed by atoms with Gasteiger partial charge >= 0.3 is 6.18 Å². The molecule has 2 nitrogen and oxygen atoms in total. The standard InChI is InChI=1S/C10H10F5NO/c1-17-8-4-7(12)6(11)2-5(8)3-9(16)10(13,14)15/h2,4,9H,3,16H2,1H3. The molecule has 0 amide bonds. The Morgan fingerprint density at radius 3 is 2.24 bits per heavy atom. The maximum atomic E-state index is 12.9. The molecule has 0 aliphatic heterocycles. The highest BCUT2D eigenvalue weighted by Gasteiger charge is 2.37. The van der Waals surface area contributed by atoms with Crippen molar-refractivity contribution in [3.63, 3.8) is 0 Å². The minimum Gasteiger partial charge on any atom is -0.496 e. The molecule has 17 heavy (non-hydrogen) atoms. The molecule has 0 spiro atoms. The van der Waals surface area contributed by atoms with Gasteiger partial charge in [0.15, 0.2) is 11.6 Å². The topological polar surface area (TPSA) is 35.2 Å². The highest BCUT2D eigenvalue weighted by atomic mass is 19.4. The molecule has 1 aromatic rings. The van der Waals surface area contributed by atoms with E-state index in [-0.39, 0.29) is 11.3 Å². The second kappa shape index (κ2) is 4.87. The van der Waals surface area contributed by atoms with Gasteiger partial charge in [-0.25, -0.2) is 8.78 Å². The smallest absolute Gasteiger partial charge is 0.403 e. The summed E-state index contributed by atoms with van der Waals surface area (Å²) in [7, 11) is 1.15. The first-order valence-corrected chi connectivity index (χ1v) is 4.60. The molecular weight excluding hydrogens is 245 g/mol. The van der Waals surface area contributed by atoms with Crippen molar-refractivity contribution in [1.82, 2.24) is 0 Å². The summed E-state index contributed by atoms with van der Waals surface area (Å²) in [5.41, 5.74) is 4.77. The SMILES string of the molecule is COc1cc(F)c(F)cc1CC(N)C(F)(F)F. The van der Waals surface area contributed by atoms with E-state index in [2.05, 4.69) is 4.74 Å². The largest absolute Gasteiger partial charge is 0.496 e. The summed E-state index contributed by atoms with van der Waals surface area (Å²) in [6.45, 7) is 0. The Morgan fingerprint density at radius 1 is 1.24 bits per heavy atom. The average Bonchev–Trinajstić information content (AvgIpc) is 2.21. The van der Waals surface area contributed by atoms with E-state index in [0.717, 1.165) is 7.11 Å². The average molecular weight is 255 g/mol. The number of benzene rings is 1. The Hall–Kier alpha value is -1.37. The van der Waals surface area contributed by atoms with Crippen LogP contribution in [0.5, 0.6) is 5.75 Å². The fourth-order valence-electron chi connectivity index (χ4n) is 1.27. The molecular formula is C10H10F5NO. The summed E-state index contributed by atoms with van der Waals surface area (Å²) < 4.78 is 67.0. The highest BCUT2D eigenvalue weighted by molar-refractivity contribution is 5.35. The maximum Gasteiger partial charge on any atom is 0.403 e. The minimum atomic E-state index is -4.60. The van der Waals surface area contributed by atoms with Gasteiger partial charge in [-0.05, 0) is 11.6 Å². The molecule has 1 aromatic carbocycles. The van der Waals surface area contributed by atoms with Crippen molar-refractivity contribution in [2.24, 2.45) is 5.73 Å². The van der Waals surface area contributed by atoms with Gasteiger partial charge in [-0.3, -0.25) is 0 Å². The lowest BCUT2D eigenvalue weighted by Gasteiger charge is -2.17. The molecule has 0 saturated carbocycles. The van der Waals surface area contributed by atoms with Crippen LogP contribution < -0.4 is 10.5 Å². The van der Waals surface area contributed by atoms with E-state index in [1.807, 2.05) is 0 Å². The molecule has 0 heterocycles. The van der Waals surface area contributed by atoms with Crippen molar-refractivity contribution in [1.29, 1.82) is 0 Å². The Kier molecular flexibility index (Phi) is 3.92. The molecule has 7 heteroatoms. The zero-order valence-electron chi connectivity index (χ0n) is 8.81. The van der Waals surface area contributed by atoms with Crippen LogP contribution in [-0.2, 0) is 6.42 Å². The predicted molar refractivity (Wildman–Crippen MR) is 50.6 cm³/mol. The first-order valence-electron chi connectivity index (χ1n) is 4.60. The van der Waals surface area contributed by atoms with Crippen LogP contribution in [-0.4, -0.2) is 19.3 Å². The lowest BCUT2D eigenvalue weighted by molar-refractivity contribution is -0.147. The number of ether oxygens (including phenoxy) is 1. The number of hydrogen-bond acceptors (Lipinski definition) is 2. The van der Waals surface area contributed by atoms with Gasteiger partial charge in [-0.15, -0.1) is 0 Å². The van der Waals surface area contributed by atoms with Gasteiger partial charge in [0.1, 0.15) is 11.8 Å². The summed E-state index contributed by atoms with van der Waals surface area (Å²) in [4.78, 5) is 0. The molecule has 2 N–H and O–H groups in total. The normalized spacial score (nSPS) is 13.6. The molecule has 0 aromatic heterocycles. The second-order valence-electron chi connectivity index (χ2n) is 3.43. The third-order valence-corrected chi connectivity index (χ3v) is 2.18. The van der Waals surface area contributed by atoms with E-state index in [1.165, 1.54) is 0 Å². The van der Waals surface area contributed by atoms with Crippen LogP contribution in [0.2, 0.25) is 0 Å². The maximum absolute atomic E-state index is 12.9. The predicted octanol–water partition coefficient (Wildman–Crippen LogP) is 2.41. The molecule has 0 saturated heterocycles. The Morgan fingerprint density at radius 2 is 1.76 bits per heavy atom. The van der Waals surface area contributed by atoms with E-state index < -0.39 is 30.3 Å². The molecule has 0 bridgehead atoms. The second-order valence-corrected chi connectivity index (χ2v) is 3.43. The Balaban J connectivity index is 3.02. The summed E-state index contributed by atoms with van der Waals surface area (Å²) in [5.74, 6) is -2.59. The summed E-state index contributed by atoms with van der Waals surface area (Å²) >= 11 is 0. The van der Waals surface area contributed by atoms with Crippen molar-refractivity contribution in [3.8, 4) is 5.75 Å². The molecule has 1 atom stereocenters. The van der Waals surface area contributed by atoms with Crippen LogP contribution >= 0.6 is 0 Å². The first kappa shape index (κ1) is 13.7. The molecule has 1 rings (SSSR count). The lowest BCUT2D eigenvalue weighted by atomic mass is 10.0. The molecule has 0 radical (unpaired) electrons. The van der Waals surface area contributed by atoms with Crippen LogP contribution in [0.1, 0.15) is 5.56 Å². The van der Waals surface area contributed by atoms with Gasteiger partial charge < -0.3 is 10.5 Å². The van der Waals surface area contributed by atoms with Crippen LogP contribution in [0, 0.1) is 11.6 Å². The van der Waals surface area contributed by atoms with Gasteiger partial charge in [0.05, 0.1) is 7.11 Å². The van der Waals surface area contributed by atoms with Crippen LogP contribution in [0.3, 0.4) is 0 Å². The van der Waals surface area contributed by atoms with Gasteiger partial charge in [0.25, 0.3) is 0 Å². The van der Waals surface area contributed by atoms with Crippen molar-refractivity contribution < 1.29 is 26.7 Å². The lowest BCUT2D eigenvalue weighted by Crippen LogP contribution is -2.39. The highest BCUT2D eigenvalue weighted by Crippen LogP contribution is 2.27. The van der Waals surface area contributed by atoms with Crippen molar-refractivity contribution in [2.45, 2.75) is 18.6 Å². The first-order chi connectivity index (χ1) is 7.75. The number of nitrogens with two attached hydrogens (primary N) is 1. The van der Waals surface area contributed by atoms with Gasteiger partial charge in [-0.2, -0.15) is 13.2 Å². The monoisotopic (exact) mass is 255 g/mol. The van der Waals surface area contributed by atoms with E-state index in [9.17, 15) is 22.0 Å². The number of rotatable bonds is 3. The molecule has 0 aliphatic carbocycles. The number of hydrogen-bond donors (Lipinski definition) is 1. The van der Waals surface area contributed by atoms with Crippen molar-refractivity contribution in [3.05, 3.63) is 29.3 Å². The Bertz CT molecular complexity index is 404. The Labute approximate surface area is 94.2 Å². The summed E-state index contributed by atoms with van der Waals surface area (Å²) in [6.07, 6.45) is -5.28. The third-order valence-electron chi connectivity index (χ3n) is 2.18. The number of methoxy groups -OCH3 is 1. The van der Waals surface area contributed by atoms with Crippen molar-refractivity contribution >= 4 is 0 Å². The zero-order chi connectivity index (χ0) is 13.2. The number of halogens is 5. The fourth-order valence-corrected chi connectivity index (χ4v) is 1.27. The summed E-state index contributed by atoms with van der Waals surface area (Å²) in [6, 6.07) is -0.811. The fraction of sp³-hybridized carbons (Fsp3) is 0.400. The molecule has 96 valence electrons. The zero-order valence-corrected chi connectivity index (χ0v) is 8.81. The molecule has 0 aliphatic rings. The molecule has 0 fully saturated rings. The quantitative estimate of drug-likeness (QED) is 0.842. The van der Waals surface area contributed by atoms with E-state index in [0.29, 0.717) is 12.1 Å². The summed E-state index contributed by atoms with van der Waals surface area (Å²) in [5, 5.41) is 0.